The van der Waals surface area contributed by atoms with E-state index in [1.807, 2.05) is 18.5 Å². The van der Waals surface area contributed by atoms with Crippen LogP contribution in [-0.2, 0) is 24.9 Å². The molecule has 0 amide bonds. The van der Waals surface area contributed by atoms with E-state index >= 15 is 0 Å². The van der Waals surface area contributed by atoms with Crippen molar-refractivity contribution in [1.82, 2.24) is 30.3 Å². The van der Waals surface area contributed by atoms with Crippen molar-refractivity contribution in [3.63, 3.8) is 0 Å². The van der Waals surface area contributed by atoms with Gasteiger partial charge in [0, 0.05) is 39.3 Å². The first-order valence-electron chi connectivity index (χ1n) is 11.5. The Balaban J connectivity index is 1.36. The number of nitrogens with one attached hydrogen (secondary N) is 2. The molecule has 1 aromatic heterocycles. The average molecular weight is 426 g/mol. The number of nitrogens with zero attached hydrogens (tertiary/aromatic N) is 5. The fraction of sp³-hybridized carbons (Fsp3) is 0.609. The number of ether oxygens (including phenoxy) is 1. The van der Waals surface area contributed by atoms with Crippen LogP contribution < -0.4 is 10.6 Å². The lowest BCUT2D eigenvalue weighted by molar-refractivity contribution is 0.113. The van der Waals surface area contributed by atoms with Gasteiger partial charge in [-0.05, 0) is 44.7 Å². The smallest absolute Gasteiger partial charge is 0.191 e. The maximum atomic E-state index is 5.77. The Labute approximate surface area is 185 Å². The number of guanidine groups is 1. The van der Waals surface area contributed by atoms with E-state index in [1.165, 1.54) is 18.4 Å². The summed E-state index contributed by atoms with van der Waals surface area (Å²) in [4.78, 5) is 7.37. The zero-order valence-electron chi connectivity index (χ0n) is 18.8. The third kappa shape index (κ3) is 6.04. The largest absolute Gasteiger partial charge is 0.376 e. The number of aliphatic imine (C=N–C) groups is 1. The van der Waals surface area contributed by atoms with Gasteiger partial charge in [-0.2, -0.15) is 0 Å². The van der Waals surface area contributed by atoms with Gasteiger partial charge in [0.05, 0.1) is 6.10 Å². The first-order valence-corrected chi connectivity index (χ1v) is 11.5. The monoisotopic (exact) mass is 425 g/mol. The summed E-state index contributed by atoms with van der Waals surface area (Å²) in [6.07, 6.45) is 4.97. The van der Waals surface area contributed by atoms with Crippen molar-refractivity contribution in [2.75, 3.05) is 26.2 Å². The molecular formula is C23H35N7O. The minimum atomic E-state index is 0.269. The van der Waals surface area contributed by atoms with Gasteiger partial charge in [0.25, 0.3) is 0 Å². The van der Waals surface area contributed by atoms with Crippen LogP contribution in [0.4, 0.5) is 0 Å². The van der Waals surface area contributed by atoms with Crippen molar-refractivity contribution >= 4 is 5.96 Å². The SMILES string of the molecule is Cc1nnc(CN=C(NCC2CCCO2)NCC2CCCN2Cc2ccccc2)n1C. The second-order valence-electron chi connectivity index (χ2n) is 8.54. The second-order valence-corrected chi connectivity index (χ2v) is 8.54. The van der Waals surface area contributed by atoms with Gasteiger partial charge in [0.15, 0.2) is 11.8 Å². The van der Waals surface area contributed by atoms with Gasteiger partial charge in [0.2, 0.25) is 0 Å². The Morgan fingerprint density at radius 3 is 2.71 bits per heavy atom. The van der Waals surface area contributed by atoms with Gasteiger partial charge < -0.3 is 19.9 Å². The van der Waals surface area contributed by atoms with E-state index in [4.69, 9.17) is 9.73 Å². The van der Waals surface area contributed by atoms with E-state index in [2.05, 4.69) is 56.1 Å². The topological polar surface area (TPSA) is 79.6 Å². The van der Waals surface area contributed by atoms with Crippen molar-refractivity contribution < 1.29 is 4.74 Å². The number of benzene rings is 1. The van der Waals surface area contributed by atoms with E-state index in [0.717, 1.165) is 63.2 Å². The summed E-state index contributed by atoms with van der Waals surface area (Å²) in [6, 6.07) is 11.2. The van der Waals surface area contributed by atoms with Gasteiger partial charge in [-0.25, -0.2) is 4.99 Å². The molecule has 2 unspecified atom stereocenters. The maximum absolute atomic E-state index is 5.77. The number of aromatic nitrogens is 3. The molecule has 2 atom stereocenters. The molecule has 2 aliphatic heterocycles. The van der Waals surface area contributed by atoms with Crippen LogP contribution in [-0.4, -0.2) is 64.0 Å². The highest BCUT2D eigenvalue weighted by atomic mass is 16.5. The minimum absolute atomic E-state index is 0.269. The minimum Gasteiger partial charge on any atom is -0.376 e. The lowest BCUT2D eigenvalue weighted by atomic mass is 10.2. The molecule has 2 aromatic rings. The van der Waals surface area contributed by atoms with Crippen molar-refractivity contribution in [3.05, 3.63) is 47.5 Å². The fourth-order valence-corrected chi connectivity index (χ4v) is 4.30. The van der Waals surface area contributed by atoms with Gasteiger partial charge in [-0.3, -0.25) is 4.90 Å². The predicted octanol–water partition coefficient (Wildman–Crippen LogP) is 2.00. The molecule has 1 aromatic carbocycles. The highest BCUT2D eigenvalue weighted by Gasteiger charge is 2.25. The van der Waals surface area contributed by atoms with E-state index < -0.39 is 0 Å². The standard InChI is InChI=1S/C23H35N7O/c1-18-27-28-22(29(18)2)16-26-23(25-15-21-11-7-13-31-21)24-14-20-10-6-12-30(20)17-19-8-4-3-5-9-19/h3-5,8-9,20-21H,6-7,10-17H2,1-2H3,(H2,24,25,26). The molecule has 31 heavy (non-hydrogen) atoms. The van der Waals surface area contributed by atoms with Crippen LogP contribution in [0.2, 0.25) is 0 Å². The number of hydrogen-bond donors (Lipinski definition) is 2. The highest BCUT2D eigenvalue weighted by molar-refractivity contribution is 5.79. The molecule has 0 saturated carbocycles. The summed E-state index contributed by atoms with van der Waals surface area (Å²) < 4.78 is 7.76. The van der Waals surface area contributed by atoms with E-state index in [9.17, 15) is 0 Å². The zero-order valence-corrected chi connectivity index (χ0v) is 18.8. The molecule has 0 radical (unpaired) electrons. The molecule has 2 fully saturated rings. The Morgan fingerprint density at radius 1 is 1.13 bits per heavy atom. The second kappa shape index (κ2) is 10.7. The molecule has 0 bridgehead atoms. The van der Waals surface area contributed by atoms with Crippen molar-refractivity contribution in [3.8, 4) is 0 Å². The number of rotatable bonds is 8. The summed E-state index contributed by atoms with van der Waals surface area (Å²) in [6.45, 7) is 7.12. The summed E-state index contributed by atoms with van der Waals surface area (Å²) in [5, 5.41) is 15.4. The third-order valence-electron chi connectivity index (χ3n) is 6.32. The molecule has 2 N–H and O–H groups in total. The Hall–Kier alpha value is -2.45. The van der Waals surface area contributed by atoms with E-state index in [0.29, 0.717) is 12.6 Å². The molecule has 2 aliphatic rings. The Bertz CT molecular complexity index is 845. The average Bonchev–Trinajstić information content (AvgIpc) is 3.53. The molecule has 3 heterocycles. The van der Waals surface area contributed by atoms with Crippen LogP contribution in [0.15, 0.2) is 35.3 Å². The molecule has 4 rings (SSSR count). The van der Waals surface area contributed by atoms with Crippen LogP contribution in [0, 0.1) is 6.92 Å². The van der Waals surface area contributed by atoms with E-state index in [1.54, 1.807) is 0 Å². The fourth-order valence-electron chi connectivity index (χ4n) is 4.30. The van der Waals surface area contributed by atoms with Gasteiger partial charge in [0.1, 0.15) is 12.4 Å². The first-order chi connectivity index (χ1) is 15.2. The number of likely N-dealkylation sites (tertiary alicyclic amines) is 1. The Kier molecular flexibility index (Phi) is 7.53. The van der Waals surface area contributed by atoms with Gasteiger partial charge in [-0.1, -0.05) is 30.3 Å². The number of hydrogen-bond acceptors (Lipinski definition) is 5. The summed E-state index contributed by atoms with van der Waals surface area (Å²) >= 11 is 0. The Morgan fingerprint density at radius 2 is 1.97 bits per heavy atom. The number of aryl methyl sites for hydroxylation is 1. The van der Waals surface area contributed by atoms with Crippen LogP contribution in [0.5, 0.6) is 0 Å². The summed E-state index contributed by atoms with van der Waals surface area (Å²) in [7, 11) is 1.98. The van der Waals surface area contributed by atoms with Gasteiger partial charge in [-0.15, -0.1) is 10.2 Å². The van der Waals surface area contributed by atoms with Crippen molar-refractivity contribution in [2.24, 2.45) is 12.0 Å². The molecular weight excluding hydrogens is 390 g/mol. The normalized spacial score (nSPS) is 22.2. The van der Waals surface area contributed by atoms with Crippen molar-refractivity contribution in [2.45, 2.75) is 57.8 Å². The first kappa shape index (κ1) is 21.8. The molecule has 0 spiro atoms. The quantitative estimate of drug-likeness (QED) is 0.498. The molecule has 8 heteroatoms. The lowest BCUT2D eigenvalue weighted by Crippen LogP contribution is -2.46. The van der Waals surface area contributed by atoms with Gasteiger partial charge >= 0.3 is 0 Å². The summed E-state index contributed by atoms with van der Waals surface area (Å²) in [5.41, 5.74) is 1.37. The van der Waals surface area contributed by atoms with Crippen LogP contribution in [0.25, 0.3) is 0 Å². The molecule has 2 saturated heterocycles. The highest BCUT2D eigenvalue weighted by Crippen LogP contribution is 2.19. The van der Waals surface area contributed by atoms with Crippen molar-refractivity contribution in [1.29, 1.82) is 0 Å². The molecule has 8 nitrogen and oxygen atoms in total. The van der Waals surface area contributed by atoms with Crippen LogP contribution in [0.1, 0.15) is 42.9 Å². The third-order valence-corrected chi connectivity index (χ3v) is 6.32. The molecule has 0 aliphatic carbocycles. The van der Waals surface area contributed by atoms with Crippen LogP contribution in [0.3, 0.4) is 0 Å². The van der Waals surface area contributed by atoms with E-state index in [-0.39, 0.29) is 6.10 Å². The zero-order chi connectivity index (χ0) is 21.5. The lowest BCUT2D eigenvalue weighted by Gasteiger charge is -2.26. The van der Waals surface area contributed by atoms with Crippen LogP contribution >= 0.6 is 0 Å². The predicted molar refractivity (Wildman–Crippen MR) is 122 cm³/mol. The molecule has 168 valence electrons. The summed E-state index contributed by atoms with van der Waals surface area (Å²) in [5.74, 6) is 2.58. The maximum Gasteiger partial charge on any atom is 0.191 e.